The van der Waals surface area contributed by atoms with Crippen molar-refractivity contribution in [3.05, 3.63) is 0 Å². The summed E-state index contributed by atoms with van der Waals surface area (Å²) in [7, 11) is 0. The molecule has 14 heavy (non-hydrogen) atoms. The molecule has 0 aromatic rings. The summed E-state index contributed by atoms with van der Waals surface area (Å²) in [6.07, 6.45) is 6.10. The van der Waals surface area contributed by atoms with Crippen LogP contribution in [-0.4, -0.2) is 37.8 Å². The second-order valence-electron chi connectivity index (χ2n) is 5.40. The van der Waals surface area contributed by atoms with Crippen LogP contribution in [0.25, 0.3) is 0 Å². The molecular formula is C12H25GeN. The van der Waals surface area contributed by atoms with E-state index in [1.54, 1.807) is 40.3 Å². The molecule has 3 aliphatic rings. The van der Waals surface area contributed by atoms with Crippen molar-refractivity contribution in [1.29, 1.82) is 0 Å². The zero-order chi connectivity index (χ0) is 9.86. The molecule has 0 unspecified atom stereocenters. The molecule has 1 nitrogen and oxygen atoms in total. The molecule has 0 aliphatic carbocycles. The van der Waals surface area contributed by atoms with Gasteiger partial charge in [-0.05, 0) is 0 Å². The topological polar surface area (TPSA) is 3.24 Å². The minimum atomic E-state index is -1.29. The van der Waals surface area contributed by atoms with Crippen molar-refractivity contribution in [2.75, 3.05) is 19.6 Å². The first-order valence-electron chi connectivity index (χ1n) is 6.57. The summed E-state index contributed by atoms with van der Waals surface area (Å²) in [5, 5.41) is 6.78. The Hall–Kier alpha value is 0.503. The van der Waals surface area contributed by atoms with Crippen LogP contribution in [0.3, 0.4) is 0 Å². The van der Waals surface area contributed by atoms with Crippen LogP contribution in [0.4, 0.5) is 0 Å². The van der Waals surface area contributed by atoms with Crippen LogP contribution in [0.2, 0.25) is 21.0 Å². The molecule has 0 aromatic heterocycles. The summed E-state index contributed by atoms with van der Waals surface area (Å²) >= 11 is -1.29. The van der Waals surface area contributed by atoms with Crippen molar-refractivity contribution >= 4 is 13.3 Å². The van der Waals surface area contributed by atoms with Crippen LogP contribution in [0.5, 0.6) is 0 Å². The van der Waals surface area contributed by atoms with E-state index in [4.69, 9.17) is 0 Å². The average molecular weight is 256 g/mol. The fourth-order valence-electron chi connectivity index (χ4n) is 3.65. The van der Waals surface area contributed by atoms with Gasteiger partial charge in [-0.1, -0.05) is 0 Å². The molecule has 0 atom stereocenters. The molecule has 3 heterocycles. The van der Waals surface area contributed by atoms with Crippen molar-refractivity contribution in [2.45, 2.75) is 53.6 Å². The van der Waals surface area contributed by atoms with Crippen molar-refractivity contribution in [3.8, 4) is 0 Å². The molecule has 3 fully saturated rings. The minimum absolute atomic E-state index is 1.29. The SMILES string of the molecule is CC[CH2][Ge]12[CH2]CCN(CC[CH2]1)CC[CH2]2. The van der Waals surface area contributed by atoms with Crippen LogP contribution in [-0.2, 0) is 0 Å². The molecule has 2 heteroatoms. The average Bonchev–Trinajstić information content (AvgIpc) is 2.06. The molecule has 0 amide bonds. The van der Waals surface area contributed by atoms with E-state index in [1.807, 2.05) is 0 Å². The van der Waals surface area contributed by atoms with E-state index in [0.717, 1.165) is 0 Å². The number of hydrogen-bond donors (Lipinski definition) is 0. The first-order chi connectivity index (χ1) is 6.85. The van der Waals surface area contributed by atoms with E-state index in [9.17, 15) is 0 Å². The van der Waals surface area contributed by atoms with E-state index in [0.29, 0.717) is 0 Å². The Morgan fingerprint density at radius 3 is 1.86 bits per heavy atom. The quantitative estimate of drug-likeness (QED) is 0.685. The third kappa shape index (κ3) is 2.54. The number of rotatable bonds is 2. The molecule has 0 N–H and O–H groups in total. The normalized spacial score (nSPS) is 38.8. The maximum atomic E-state index is 2.72. The van der Waals surface area contributed by atoms with E-state index in [2.05, 4.69) is 11.8 Å². The molecule has 2 bridgehead atoms. The second kappa shape index (κ2) is 5.02. The van der Waals surface area contributed by atoms with Crippen molar-refractivity contribution in [3.63, 3.8) is 0 Å². The monoisotopic (exact) mass is 257 g/mol. The summed E-state index contributed by atoms with van der Waals surface area (Å²) in [6.45, 7) is 6.69. The molecule has 3 rings (SSSR count). The fraction of sp³-hybridized carbons (Fsp3) is 1.00. The predicted molar refractivity (Wildman–Crippen MR) is 65.6 cm³/mol. The van der Waals surface area contributed by atoms with E-state index >= 15 is 0 Å². The molecule has 0 saturated carbocycles. The van der Waals surface area contributed by atoms with Crippen LogP contribution < -0.4 is 0 Å². The molecule has 0 spiro atoms. The third-order valence-electron chi connectivity index (χ3n) is 4.32. The Balaban J connectivity index is 2.04. The van der Waals surface area contributed by atoms with Gasteiger partial charge >= 0.3 is 91.4 Å². The van der Waals surface area contributed by atoms with Gasteiger partial charge in [0, 0.05) is 0 Å². The Bertz CT molecular complexity index is 155. The van der Waals surface area contributed by atoms with Crippen molar-refractivity contribution in [1.82, 2.24) is 4.90 Å². The standard InChI is InChI=1S/C12H25GeN/c1-2-6-13-7-3-10-14(11-4-8-13)12-5-9-13/h2-12H2,1H3. The zero-order valence-corrected chi connectivity index (χ0v) is 11.8. The summed E-state index contributed by atoms with van der Waals surface area (Å²) < 4.78 is 0. The van der Waals surface area contributed by atoms with Crippen LogP contribution in [0.15, 0.2) is 0 Å². The van der Waals surface area contributed by atoms with Gasteiger partial charge < -0.3 is 0 Å². The van der Waals surface area contributed by atoms with Crippen LogP contribution >= 0.6 is 0 Å². The Labute approximate surface area is 91.6 Å². The van der Waals surface area contributed by atoms with E-state index in [-0.39, 0.29) is 0 Å². The Morgan fingerprint density at radius 1 is 0.929 bits per heavy atom. The van der Waals surface area contributed by atoms with Crippen molar-refractivity contribution < 1.29 is 0 Å². The van der Waals surface area contributed by atoms with Gasteiger partial charge in [0.05, 0.1) is 0 Å². The third-order valence-corrected chi connectivity index (χ3v) is 16.5. The van der Waals surface area contributed by atoms with Crippen LogP contribution in [0, 0.1) is 0 Å². The summed E-state index contributed by atoms with van der Waals surface area (Å²) in [5.74, 6) is 0. The number of hydrogen-bond acceptors (Lipinski definition) is 1. The summed E-state index contributed by atoms with van der Waals surface area (Å²) in [4.78, 5) is 2.72. The fourth-order valence-corrected chi connectivity index (χ4v) is 14.7. The van der Waals surface area contributed by atoms with Gasteiger partial charge in [-0.2, -0.15) is 0 Å². The first-order valence-corrected chi connectivity index (χ1v) is 12.5. The second-order valence-corrected chi connectivity index (χ2v) is 15.9. The molecule has 3 aliphatic heterocycles. The van der Waals surface area contributed by atoms with Gasteiger partial charge in [-0.25, -0.2) is 0 Å². The Morgan fingerprint density at radius 2 is 1.43 bits per heavy atom. The summed E-state index contributed by atoms with van der Waals surface area (Å²) in [5.41, 5.74) is 0. The number of nitrogens with zero attached hydrogens (tertiary/aromatic N) is 1. The predicted octanol–water partition coefficient (Wildman–Crippen LogP) is 3.34. The Kier molecular flexibility index (Phi) is 3.95. The molecule has 82 valence electrons. The van der Waals surface area contributed by atoms with Gasteiger partial charge in [-0.3, -0.25) is 0 Å². The van der Waals surface area contributed by atoms with Gasteiger partial charge in [0.1, 0.15) is 0 Å². The van der Waals surface area contributed by atoms with Crippen LogP contribution in [0.1, 0.15) is 32.6 Å². The van der Waals surface area contributed by atoms with E-state index < -0.39 is 13.3 Å². The first kappa shape index (κ1) is 11.0. The number of fused-ring (bicyclic) bond motifs is 6. The van der Waals surface area contributed by atoms with Gasteiger partial charge in [0.15, 0.2) is 0 Å². The van der Waals surface area contributed by atoms with Crippen molar-refractivity contribution in [2.24, 2.45) is 0 Å². The zero-order valence-electron chi connectivity index (χ0n) is 9.73. The maximum absolute atomic E-state index is 2.72. The molecule has 0 aromatic carbocycles. The van der Waals surface area contributed by atoms with Gasteiger partial charge in [0.25, 0.3) is 0 Å². The van der Waals surface area contributed by atoms with E-state index in [1.165, 1.54) is 26.1 Å². The van der Waals surface area contributed by atoms with Gasteiger partial charge in [-0.15, -0.1) is 0 Å². The molecule has 3 saturated heterocycles. The van der Waals surface area contributed by atoms with Gasteiger partial charge in [0.2, 0.25) is 0 Å². The molecular weight excluding hydrogens is 231 g/mol. The summed E-state index contributed by atoms with van der Waals surface area (Å²) in [6, 6.07) is 0. The molecule has 0 radical (unpaired) electrons.